The number of hydrogen-bond acceptors (Lipinski definition) is 4. The van der Waals surface area contributed by atoms with Gasteiger partial charge in [0.2, 0.25) is 0 Å². The minimum atomic E-state index is 0. The number of nitrogens with zero attached hydrogens (tertiary/aromatic N) is 3. The Bertz CT molecular complexity index is 593. The molecule has 0 aliphatic heterocycles. The lowest BCUT2D eigenvalue weighted by molar-refractivity contribution is -0.694. The van der Waals surface area contributed by atoms with Gasteiger partial charge < -0.3 is 23.2 Å². The highest BCUT2D eigenvalue weighted by Gasteiger charge is 2.14. The highest BCUT2D eigenvalue weighted by molar-refractivity contribution is 5.85. The van der Waals surface area contributed by atoms with Crippen LogP contribution in [0, 0.1) is 13.8 Å². The Kier molecular flexibility index (Phi) is 8.17. The molecule has 0 aliphatic carbocycles. The van der Waals surface area contributed by atoms with Gasteiger partial charge in [-0.15, -0.1) is 12.4 Å². The Morgan fingerprint density at radius 3 is 2.62 bits per heavy atom. The molecule has 0 aliphatic rings. The predicted molar refractivity (Wildman–Crippen MR) is 79.7 cm³/mol. The first-order chi connectivity index (χ1) is 9.11. The summed E-state index contributed by atoms with van der Waals surface area (Å²) in [5, 5.41) is 9.05. The monoisotopic (exact) mass is 330 g/mol. The third-order valence-electron chi connectivity index (χ3n) is 3.20. The SMILES string of the molecule is Cc1ncc(C[n+]2cccc(CCO)c2C)c(N)n1.Cl.[Cl-]. The molecule has 0 saturated heterocycles. The maximum atomic E-state index is 9.05. The topological polar surface area (TPSA) is 75.9 Å². The summed E-state index contributed by atoms with van der Waals surface area (Å²) in [6.07, 6.45) is 4.42. The quantitative estimate of drug-likeness (QED) is 0.634. The number of anilines is 1. The number of aliphatic hydroxyl groups is 1. The zero-order chi connectivity index (χ0) is 13.8. The Labute approximate surface area is 137 Å². The van der Waals surface area contributed by atoms with Crippen molar-refractivity contribution in [1.82, 2.24) is 9.97 Å². The van der Waals surface area contributed by atoms with Crippen LogP contribution >= 0.6 is 12.4 Å². The first-order valence-corrected chi connectivity index (χ1v) is 6.28. The number of nitrogen functional groups attached to an aromatic ring is 1. The number of aryl methyl sites for hydroxylation is 1. The van der Waals surface area contributed by atoms with E-state index in [9.17, 15) is 0 Å². The van der Waals surface area contributed by atoms with E-state index in [2.05, 4.69) is 14.5 Å². The highest BCUT2D eigenvalue weighted by atomic mass is 35.5. The van der Waals surface area contributed by atoms with Crippen molar-refractivity contribution >= 4 is 18.2 Å². The molecule has 2 aromatic heterocycles. The average molecular weight is 331 g/mol. The van der Waals surface area contributed by atoms with Crippen LogP contribution in [-0.4, -0.2) is 21.7 Å². The lowest BCUT2D eigenvalue weighted by Crippen LogP contribution is -3.00. The molecule has 116 valence electrons. The predicted octanol–water partition coefficient (Wildman–Crippen LogP) is -2.03. The largest absolute Gasteiger partial charge is 1.00 e. The summed E-state index contributed by atoms with van der Waals surface area (Å²) in [5.41, 5.74) is 9.07. The summed E-state index contributed by atoms with van der Waals surface area (Å²) < 4.78 is 2.09. The van der Waals surface area contributed by atoms with Crippen LogP contribution in [0.3, 0.4) is 0 Å². The standard InChI is InChI=1S/C14H19N4O.2ClH/c1-10-12(5-7-19)4-3-6-18(10)9-13-8-16-11(2)17-14(13)15;;/h3-4,6,8,19H,5,7,9H2,1-2H3,(H2,15,16,17);2*1H/q+1;;/p-1. The molecule has 0 saturated carbocycles. The van der Waals surface area contributed by atoms with E-state index >= 15 is 0 Å². The van der Waals surface area contributed by atoms with Crippen LogP contribution in [0.5, 0.6) is 0 Å². The molecule has 0 atom stereocenters. The van der Waals surface area contributed by atoms with Gasteiger partial charge in [-0.2, -0.15) is 4.57 Å². The van der Waals surface area contributed by atoms with Crippen molar-refractivity contribution in [3.63, 3.8) is 0 Å². The molecule has 0 spiro atoms. The van der Waals surface area contributed by atoms with Crippen molar-refractivity contribution in [2.45, 2.75) is 26.8 Å². The molecule has 21 heavy (non-hydrogen) atoms. The first-order valence-electron chi connectivity index (χ1n) is 6.28. The van der Waals surface area contributed by atoms with E-state index in [1.807, 2.05) is 32.2 Å². The molecule has 2 aromatic rings. The van der Waals surface area contributed by atoms with Crippen molar-refractivity contribution in [2.75, 3.05) is 12.3 Å². The summed E-state index contributed by atoms with van der Waals surface area (Å²) in [4.78, 5) is 8.35. The molecular weight excluding hydrogens is 311 g/mol. The van der Waals surface area contributed by atoms with Crippen molar-refractivity contribution in [2.24, 2.45) is 0 Å². The van der Waals surface area contributed by atoms with Gasteiger partial charge in [-0.3, -0.25) is 0 Å². The molecule has 0 bridgehead atoms. The molecule has 0 amide bonds. The van der Waals surface area contributed by atoms with Gasteiger partial charge in [-0.25, -0.2) is 9.97 Å². The molecule has 0 aromatic carbocycles. The van der Waals surface area contributed by atoms with Crippen molar-refractivity contribution in [1.29, 1.82) is 0 Å². The molecule has 0 fully saturated rings. The number of aromatic nitrogens is 3. The van der Waals surface area contributed by atoms with Crippen LogP contribution in [0.4, 0.5) is 5.82 Å². The fraction of sp³-hybridized carbons (Fsp3) is 0.357. The molecule has 3 N–H and O–H groups in total. The normalized spacial score (nSPS) is 9.67. The van der Waals surface area contributed by atoms with Gasteiger partial charge >= 0.3 is 0 Å². The summed E-state index contributed by atoms with van der Waals surface area (Å²) >= 11 is 0. The van der Waals surface area contributed by atoms with Crippen LogP contribution in [0.25, 0.3) is 0 Å². The minimum Gasteiger partial charge on any atom is -1.00 e. The lowest BCUT2D eigenvalue weighted by atomic mass is 10.1. The van der Waals surface area contributed by atoms with Crippen LogP contribution in [0.2, 0.25) is 0 Å². The van der Waals surface area contributed by atoms with E-state index in [-0.39, 0.29) is 31.4 Å². The van der Waals surface area contributed by atoms with Gasteiger partial charge in [0, 0.05) is 37.8 Å². The first kappa shape index (κ1) is 19.6. The molecule has 0 unspecified atom stereocenters. The van der Waals surface area contributed by atoms with Crippen molar-refractivity contribution in [3.05, 3.63) is 47.2 Å². The Balaban J connectivity index is 0.00000200. The van der Waals surface area contributed by atoms with Crippen LogP contribution in [0.1, 0.15) is 22.6 Å². The van der Waals surface area contributed by atoms with Crippen LogP contribution in [0.15, 0.2) is 24.5 Å². The molecular formula is C14H20Cl2N4O. The zero-order valence-electron chi connectivity index (χ0n) is 12.1. The summed E-state index contributed by atoms with van der Waals surface area (Å²) in [5.74, 6) is 1.20. The number of hydrogen-bond donors (Lipinski definition) is 2. The smallest absolute Gasteiger partial charge is 0.181 e. The van der Waals surface area contributed by atoms with Crippen LogP contribution < -0.4 is 22.7 Å². The average Bonchev–Trinajstić information content (AvgIpc) is 2.37. The lowest BCUT2D eigenvalue weighted by Gasteiger charge is -2.06. The second-order valence-electron chi connectivity index (χ2n) is 4.55. The minimum absolute atomic E-state index is 0. The van der Waals surface area contributed by atoms with Crippen molar-refractivity contribution < 1.29 is 22.1 Å². The third kappa shape index (κ3) is 4.81. The van der Waals surface area contributed by atoms with E-state index in [1.54, 1.807) is 6.20 Å². The fourth-order valence-corrected chi connectivity index (χ4v) is 2.05. The van der Waals surface area contributed by atoms with Gasteiger partial charge in [0.05, 0.1) is 5.56 Å². The molecule has 2 rings (SSSR count). The van der Waals surface area contributed by atoms with E-state index in [0.717, 1.165) is 16.8 Å². The summed E-state index contributed by atoms with van der Waals surface area (Å²) in [7, 11) is 0. The Morgan fingerprint density at radius 1 is 1.29 bits per heavy atom. The van der Waals surface area contributed by atoms with Gasteiger partial charge in [0.1, 0.15) is 11.6 Å². The third-order valence-corrected chi connectivity index (χ3v) is 3.20. The molecule has 5 nitrogen and oxygen atoms in total. The second kappa shape index (κ2) is 8.77. The van der Waals surface area contributed by atoms with E-state index in [0.29, 0.717) is 24.6 Å². The molecule has 0 radical (unpaired) electrons. The Morgan fingerprint density at radius 2 is 2.00 bits per heavy atom. The molecule has 2 heterocycles. The number of nitrogens with two attached hydrogens (primary N) is 1. The van der Waals surface area contributed by atoms with E-state index in [4.69, 9.17) is 10.8 Å². The van der Waals surface area contributed by atoms with Gasteiger partial charge in [-0.1, -0.05) is 0 Å². The summed E-state index contributed by atoms with van der Waals surface area (Å²) in [6.45, 7) is 4.65. The van der Waals surface area contributed by atoms with Gasteiger partial charge in [0.15, 0.2) is 18.4 Å². The number of halogens is 2. The van der Waals surface area contributed by atoms with E-state index < -0.39 is 0 Å². The molecule has 7 heteroatoms. The zero-order valence-corrected chi connectivity index (χ0v) is 13.7. The van der Waals surface area contributed by atoms with E-state index in [1.165, 1.54) is 0 Å². The number of rotatable bonds is 4. The van der Waals surface area contributed by atoms with Gasteiger partial charge in [0.25, 0.3) is 0 Å². The Hall–Kier alpha value is -1.43. The maximum absolute atomic E-state index is 9.05. The number of aliphatic hydroxyl groups excluding tert-OH is 1. The van der Waals surface area contributed by atoms with Gasteiger partial charge in [-0.05, 0) is 13.0 Å². The van der Waals surface area contributed by atoms with Crippen molar-refractivity contribution in [3.8, 4) is 0 Å². The highest BCUT2D eigenvalue weighted by Crippen LogP contribution is 2.08. The maximum Gasteiger partial charge on any atom is 0.181 e. The number of pyridine rings is 1. The second-order valence-corrected chi connectivity index (χ2v) is 4.55. The fourth-order valence-electron chi connectivity index (χ4n) is 2.05. The van der Waals surface area contributed by atoms with Crippen LogP contribution in [-0.2, 0) is 13.0 Å². The summed E-state index contributed by atoms with van der Waals surface area (Å²) in [6, 6.07) is 4.00.